The molecule has 0 aromatic rings. The van der Waals surface area contributed by atoms with Crippen molar-refractivity contribution in [2.24, 2.45) is 11.8 Å². The van der Waals surface area contributed by atoms with Crippen molar-refractivity contribution < 1.29 is 0 Å². The molecule has 0 amide bonds. The largest absolute Gasteiger partial charge is 0.132 e. The Labute approximate surface area is 72.4 Å². The van der Waals surface area contributed by atoms with E-state index in [1.807, 2.05) is 0 Å². The van der Waals surface area contributed by atoms with Gasteiger partial charge < -0.3 is 0 Å². The van der Waals surface area contributed by atoms with Gasteiger partial charge in [0.2, 0.25) is 0 Å². The van der Waals surface area contributed by atoms with Gasteiger partial charge in [0.05, 0.1) is 0 Å². The van der Waals surface area contributed by atoms with Crippen LogP contribution in [0.25, 0.3) is 0 Å². The molecule has 11 heavy (non-hydrogen) atoms. The highest BCUT2D eigenvalue weighted by Crippen LogP contribution is 2.08. The molecular formula is C10H20Si. The summed E-state index contributed by atoms with van der Waals surface area (Å²) in [6.07, 6.45) is 0. The quantitative estimate of drug-likeness (QED) is 0.417. The highest BCUT2D eigenvalue weighted by atomic mass is 28.3. The second-order valence-electron chi connectivity index (χ2n) is 4.55. The van der Waals surface area contributed by atoms with Gasteiger partial charge in [-0.15, -0.1) is 11.5 Å². The monoisotopic (exact) mass is 168 g/mol. The minimum Gasteiger partial charge on any atom is -0.132 e. The normalized spacial score (nSPS) is 14.1. The lowest BCUT2D eigenvalue weighted by molar-refractivity contribution is 0.520. The van der Waals surface area contributed by atoms with Gasteiger partial charge in [-0.1, -0.05) is 40.4 Å². The molecule has 0 heterocycles. The molecule has 0 aromatic carbocycles. The van der Waals surface area contributed by atoms with E-state index in [1.54, 1.807) is 0 Å². The molecule has 0 bridgehead atoms. The van der Waals surface area contributed by atoms with Crippen molar-refractivity contribution in [3.05, 3.63) is 0 Å². The van der Waals surface area contributed by atoms with Gasteiger partial charge in [0, 0.05) is 5.92 Å². The molecule has 0 radical (unpaired) electrons. The Morgan fingerprint density at radius 2 is 1.45 bits per heavy atom. The van der Waals surface area contributed by atoms with E-state index in [2.05, 4.69) is 51.9 Å². The van der Waals surface area contributed by atoms with Crippen LogP contribution in [0.15, 0.2) is 0 Å². The van der Waals surface area contributed by atoms with Crippen LogP contribution in [0.5, 0.6) is 0 Å². The first-order valence-corrected chi connectivity index (χ1v) is 7.85. The number of hydrogen-bond donors (Lipinski definition) is 0. The molecule has 0 fully saturated rings. The van der Waals surface area contributed by atoms with E-state index in [0.29, 0.717) is 11.8 Å². The van der Waals surface area contributed by atoms with Gasteiger partial charge in [-0.05, 0) is 5.92 Å². The van der Waals surface area contributed by atoms with E-state index >= 15 is 0 Å². The first-order chi connectivity index (χ1) is 4.83. The van der Waals surface area contributed by atoms with Crippen LogP contribution in [0.3, 0.4) is 0 Å². The van der Waals surface area contributed by atoms with Crippen LogP contribution < -0.4 is 0 Å². The second kappa shape index (κ2) is 3.97. The summed E-state index contributed by atoms with van der Waals surface area (Å²) < 4.78 is 0. The van der Waals surface area contributed by atoms with Gasteiger partial charge in [-0.2, -0.15) is 0 Å². The summed E-state index contributed by atoms with van der Waals surface area (Å²) in [5, 5.41) is 0. The smallest absolute Gasteiger partial charge is 0.129 e. The van der Waals surface area contributed by atoms with Gasteiger partial charge in [0.25, 0.3) is 0 Å². The first kappa shape index (κ1) is 10.8. The first-order valence-electron chi connectivity index (χ1n) is 4.35. The SMILES string of the molecule is CC(C)[C@H](C)C#C[Si](C)(C)C. The molecule has 0 saturated carbocycles. The molecule has 0 N–H and O–H groups in total. The summed E-state index contributed by atoms with van der Waals surface area (Å²) in [5.41, 5.74) is 3.39. The zero-order chi connectivity index (χ0) is 9.07. The van der Waals surface area contributed by atoms with Crippen molar-refractivity contribution in [3.8, 4) is 11.5 Å². The molecule has 1 atom stereocenters. The Morgan fingerprint density at radius 3 is 1.73 bits per heavy atom. The topological polar surface area (TPSA) is 0 Å². The molecule has 0 aromatic heterocycles. The van der Waals surface area contributed by atoms with Crippen LogP contribution in [0.2, 0.25) is 19.6 Å². The van der Waals surface area contributed by atoms with Crippen molar-refractivity contribution in [2.45, 2.75) is 40.4 Å². The molecule has 0 spiro atoms. The second-order valence-corrected chi connectivity index (χ2v) is 9.30. The van der Waals surface area contributed by atoms with Gasteiger partial charge >= 0.3 is 0 Å². The Hall–Kier alpha value is -0.223. The summed E-state index contributed by atoms with van der Waals surface area (Å²) >= 11 is 0. The number of rotatable bonds is 1. The predicted molar refractivity (Wildman–Crippen MR) is 55.1 cm³/mol. The van der Waals surface area contributed by atoms with Crippen LogP contribution in [0, 0.1) is 23.3 Å². The summed E-state index contributed by atoms with van der Waals surface area (Å²) in [6.45, 7) is 13.5. The average molecular weight is 168 g/mol. The van der Waals surface area contributed by atoms with E-state index in [4.69, 9.17) is 0 Å². The summed E-state index contributed by atoms with van der Waals surface area (Å²) in [6, 6.07) is 0. The summed E-state index contributed by atoms with van der Waals surface area (Å²) in [5.74, 6) is 4.58. The molecule has 64 valence electrons. The molecular weight excluding hydrogens is 148 g/mol. The fraction of sp³-hybridized carbons (Fsp3) is 0.800. The van der Waals surface area contributed by atoms with E-state index in [-0.39, 0.29) is 0 Å². The van der Waals surface area contributed by atoms with Crippen molar-refractivity contribution >= 4 is 8.07 Å². The van der Waals surface area contributed by atoms with Crippen molar-refractivity contribution in [2.75, 3.05) is 0 Å². The highest BCUT2D eigenvalue weighted by Gasteiger charge is 2.09. The predicted octanol–water partition coefficient (Wildman–Crippen LogP) is 3.16. The molecule has 0 aliphatic carbocycles. The fourth-order valence-corrected chi connectivity index (χ4v) is 1.16. The van der Waals surface area contributed by atoms with Gasteiger partial charge in [0.15, 0.2) is 0 Å². The van der Waals surface area contributed by atoms with Crippen LogP contribution in [0.1, 0.15) is 20.8 Å². The van der Waals surface area contributed by atoms with Crippen molar-refractivity contribution in [3.63, 3.8) is 0 Å². The van der Waals surface area contributed by atoms with Crippen LogP contribution in [0.4, 0.5) is 0 Å². The van der Waals surface area contributed by atoms with Crippen molar-refractivity contribution in [1.82, 2.24) is 0 Å². The highest BCUT2D eigenvalue weighted by molar-refractivity contribution is 6.83. The Bertz CT molecular complexity index is 164. The average Bonchev–Trinajstić information content (AvgIpc) is 1.80. The maximum atomic E-state index is 3.39. The lowest BCUT2D eigenvalue weighted by atomic mass is 10.00. The Balaban J connectivity index is 4.08. The zero-order valence-corrected chi connectivity index (χ0v) is 9.65. The van der Waals surface area contributed by atoms with E-state index < -0.39 is 8.07 Å². The maximum Gasteiger partial charge on any atom is 0.129 e. The molecule has 0 nitrogen and oxygen atoms in total. The lowest BCUT2D eigenvalue weighted by Crippen LogP contribution is -2.17. The third kappa shape index (κ3) is 6.19. The molecule has 0 unspecified atom stereocenters. The third-order valence-electron chi connectivity index (χ3n) is 1.67. The standard InChI is InChI=1S/C10H20Si/c1-9(2)10(3)7-8-11(4,5)6/h9-10H,1-6H3/t10-/m1/s1. The van der Waals surface area contributed by atoms with E-state index in [0.717, 1.165) is 0 Å². The lowest BCUT2D eigenvalue weighted by Gasteiger charge is -2.09. The number of hydrogen-bond acceptors (Lipinski definition) is 0. The fourth-order valence-electron chi connectivity index (χ4n) is 0.497. The summed E-state index contributed by atoms with van der Waals surface area (Å²) in [4.78, 5) is 0. The van der Waals surface area contributed by atoms with Gasteiger partial charge in [-0.25, -0.2) is 0 Å². The van der Waals surface area contributed by atoms with E-state index in [1.165, 1.54) is 0 Å². The minimum absolute atomic E-state index is 0.557. The molecule has 0 aliphatic heterocycles. The van der Waals surface area contributed by atoms with Gasteiger partial charge in [-0.3, -0.25) is 0 Å². The van der Waals surface area contributed by atoms with Crippen LogP contribution in [-0.2, 0) is 0 Å². The Morgan fingerprint density at radius 1 is 1.00 bits per heavy atom. The summed E-state index contributed by atoms with van der Waals surface area (Å²) in [7, 11) is -1.13. The zero-order valence-electron chi connectivity index (χ0n) is 8.65. The molecule has 0 aliphatic rings. The molecule has 1 heteroatoms. The maximum absolute atomic E-state index is 3.39. The van der Waals surface area contributed by atoms with E-state index in [9.17, 15) is 0 Å². The minimum atomic E-state index is -1.13. The van der Waals surface area contributed by atoms with Crippen LogP contribution in [-0.4, -0.2) is 8.07 Å². The van der Waals surface area contributed by atoms with Crippen molar-refractivity contribution in [1.29, 1.82) is 0 Å². The van der Waals surface area contributed by atoms with Crippen LogP contribution >= 0.6 is 0 Å². The Kier molecular flexibility index (Phi) is 3.89. The third-order valence-corrected chi connectivity index (χ3v) is 2.57. The molecule has 0 saturated heterocycles. The van der Waals surface area contributed by atoms with Gasteiger partial charge in [0.1, 0.15) is 8.07 Å². The molecule has 0 rings (SSSR count).